The normalized spacial score (nSPS) is 9.83. The van der Waals surface area contributed by atoms with Crippen molar-refractivity contribution in [3.8, 4) is 0 Å². The van der Waals surface area contributed by atoms with Crippen LogP contribution in [0.15, 0.2) is 0 Å². The Labute approximate surface area is 83.9 Å². The van der Waals surface area contributed by atoms with Gasteiger partial charge in [-0.1, -0.05) is 26.1 Å². The molecule has 0 unspecified atom stereocenters. The summed E-state index contributed by atoms with van der Waals surface area (Å²) in [4.78, 5) is 0. The van der Waals surface area contributed by atoms with Gasteiger partial charge < -0.3 is 0 Å². The zero-order valence-electron chi connectivity index (χ0n) is 4.50. The third kappa shape index (κ3) is 43.5. The van der Waals surface area contributed by atoms with E-state index in [9.17, 15) is 0 Å². The van der Waals surface area contributed by atoms with Gasteiger partial charge >= 0.3 is 51.4 Å². The van der Waals surface area contributed by atoms with Gasteiger partial charge in [0.05, 0.1) is 0 Å². The van der Waals surface area contributed by atoms with Crippen LogP contribution >= 0.6 is 0 Å². The van der Waals surface area contributed by atoms with E-state index in [1.165, 1.54) is 0 Å². The Morgan fingerprint density at radius 3 is 1.17 bits per heavy atom. The van der Waals surface area contributed by atoms with Crippen LogP contribution in [-0.4, -0.2) is 59.2 Å². The van der Waals surface area contributed by atoms with Crippen LogP contribution in [0.2, 0.25) is 5.31 Å². The van der Waals surface area contributed by atoms with Crippen molar-refractivity contribution in [1.29, 1.82) is 0 Å². The van der Waals surface area contributed by atoms with Crippen LogP contribution in [0, 0.1) is 0 Å². The molecule has 0 rings (SSSR count). The third-order valence-corrected chi connectivity index (χ3v) is 0. The van der Waals surface area contributed by atoms with Crippen molar-refractivity contribution < 1.29 is 0 Å². The zero-order valence-corrected chi connectivity index (χ0v) is 4.50. The predicted molar refractivity (Wildman–Crippen MR) is 35.4 cm³/mol. The minimum absolute atomic E-state index is 0. The molecule has 0 radical (unpaired) electrons. The molecule has 0 saturated carbocycles. The maximum atomic E-state index is 2.19. The first-order valence-electron chi connectivity index (χ1n) is 2.00. The molecule has 2 heteroatoms. The van der Waals surface area contributed by atoms with Gasteiger partial charge in [-0.3, -0.25) is 0 Å². The molecule has 0 aliphatic carbocycles. The monoisotopic (exact) mass is 110 g/mol. The summed E-state index contributed by atoms with van der Waals surface area (Å²) in [7, 11) is 2.19. The second-order valence-electron chi connectivity index (χ2n) is 3.00. The van der Waals surface area contributed by atoms with Crippen LogP contribution < -0.4 is 0 Å². The van der Waals surface area contributed by atoms with Gasteiger partial charge in [0.15, 0.2) is 0 Å². The Kier molecular flexibility index (Phi) is 6.51. The molecule has 0 saturated heterocycles. The fourth-order valence-electron chi connectivity index (χ4n) is 0. The molecule has 0 aromatic carbocycles. The fraction of sp³-hybridized carbons (Fsp3) is 1.00. The Morgan fingerprint density at radius 1 is 1.17 bits per heavy atom. The van der Waals surface area contributed by atoms with E-state index in [2.05, 4.69) is 28.6 Å². The Bertz CT molecular complexity index is 23.0. The van der Waals surface area contributed by atoms with Crippen molar-refractivity contribution in [1.82, 2.24) is 0 Å². The maximum absolute atomic E-state index is 2.19. The van der Waals surface area contributed by atoms with E-state index in [0.29, 0.717) is 5.31 Å². The summed E-state index contributed by atoms with van der Waals surface area (Å²) in [6.07, 6.45) is 0. The second kappa shape index (κ2) is 3.67. The van der Waals surface area contributed by atoms with Crippen molar-refractivity contribution >= 4 is 59.2 Å². The zero-order chi connectivity index (χ0) is 4.50. The summed E-state index contributed by atoms with van der Waals surface area (Å²) in [6, 6.07) is 0. The molecule has 0 aliphatic rings. The number of hydrogen-bond donors (Lipinski definition) is 0. The van der Waals surface area contributed by atoms with Gasteiger partial charge in [-0.15, -0.1) is 0 Å². The first-order chi connectivity index (χ1) is 2.00. The van der Waals surface area contributed by atoms with E-state index in [1.54, 1.807) is 0 Å². The van der Waals surface area contributed by atoms with Crippen LogP contribution in [0.5, 0.6) is 0 Å². The van der Waals surface area contributed by atoms with E-state index < -0.39 is 0 Å². The molecule has 0 fully saturated rings. The first-order valence-corrected chi connectivity index (χ1v) is 2.00. The van der Waals surface area contributed by atoms with Crippen molar-refractivity contribution in [2.75, 3.05) is 0 Å². The molecule has 0 aliphatic heterocycles. The van der Waals surface area contributed by atoms with E-state index in [1.807, 2.05) is 0 Å². The molecule has 0 N–H and O–H groups in total. The molecular formula is C4H12BK. The first kappa shape index (κ1) is 10.6. The predicted octanol–water partition coefficient (Wildman–Crippen LogP) is 0.189. The average Bonchev–Trinajstić information content (AvgIpc) is 0.722. The summed E-state index contributed by atoms with van der Waals surface area (Å²) >= 11 is 0. The molecule has 0 heterocycles. The van der Waals surface area contributed by atoms with E-state index in [-0.39, 0.29) is 51.4 Å². The SMILES string of the molecule is BC(C)(C)C.[KH]. The summed E-state index contributed by atoms with van der Waals surface area (Å²) < 4.78 is 0. The molecule has 6 heavy (non-hydrogen) atoms. The average molecular weight is 110 g/mol. The molecule has 0 amide bonds. The molecule has 0 aromatic heterocycles. The number of rotatable bonds is 0. The van der Waals surface area contributed by atoms with Crippen molar-refractivity contribution in [3.63, 3.8) is 0 Å². The van der Waals surface area contributed by atoms with E-state index in [0.717, 1.165) is 0 Å². The third-order valence-electron chi connectivity index (χ3n) is 0. The molecule has 0 nitrogen and oxygen atoms in total. The summed E-state index contributed by atoms with van der Waals surface area (Å²) in [5.41, 5.74) is 0. The van der Waals surface area contributed by atoms with Gasteiger partial charge in [0, 0.05) is 0 Å². The summed E-state index contributed by atoms with van der Waals surface area (Å²) in [6.45, 7) is 6.56. The fourth-order valence-corrected chi connectivity index (χ4v) is 0. The topological polar surface area (TPSA) is 0 Å². The molecule has 0 bridgehead atoms. The van der Waals surface area contributed by atoms with Crippen molar-refractivity contribution in [2.45, 2.75) is 26.1 Å². The second-order valence-corrected chi connectivity index (χ2v) is 3.00. The van der Waals surface area contributed by atoms with Gasteiger partial charge in [0.1, 0.15) is 7.85 Å². The van der Waals surface area contributed by atoms with Gasteiger partial charge in [-0.25, -0.2) is 0 Å². The Morgan fingerprint density at radius 2 is 1.17 bits per heavy atom. The van der Waals surface area contributed by atoms with Gasteiger partial charge in [0.25, 0.3) is 0 Å². The number of hydrogen-bond acceptors (Lipinski definition) is 0. The van der Waals surface area contributed by atoms with Gasteiger partial charge in [0.2, 0.25) is 0 Å². The molecule has 0 spiro atoms. The molecular weight excluding hydrogens is 98.0 g/mol. The van der Waals surface area contributed by atoms with Crippen LogP contribution in [0.25, 0.3) is 0 Å². The Balaban J connectivity index is 0. The molecule has 0 aromatic rings. The molecule has 32 valence electrons. The molecule has 0 atom stereocenters. The van der Waals surface area contributed by atoms with E-state index >= 15 is 0 Å². The quantitative estimate of drug-likeness (QED) is 0.390. The Hall–Kier alpha value is 1.70. The van der Waals surface area contributed by atoms with Crippen LogP contribution in [-0.2, 0) is 0 Å². The standard InChI is InChI=1S/C4H11B.K.H/c1-4(2,3)5;;/h5H2,1-3H3;;. The van der Waals surface area contributed by atoms with Gasteiger partial charge in [-0.05, 0) is 0 Å². The summed E-state index contributed by atoms with van der Waals surface area (Å²) in [5, 5.41) is 0.500. The minimum atomic E-state index is 0. The van der Waals surface area contributed by atoms with Crippen LogP contribution in [0.1, 0.15) is 20.8 Å². The van der Waals surface area contributed by atoms with Gasteiger partial charge in [-0.2, -0.15) is 0 Å². The van der Waals surface area contributed by atoms with Crippen LogP contribution in [0.4, 0.5) is 0 Å². The van der Waals surface area contributed by atoms with E-state index in [4.69, 9.17) is 0 Å². The van der Waals surface area contributed by atoms with Crippen LogP contribution in [0.3, 0.4) is 0 Å². The van der Waals surface area contributed by atoms with Crippen molar-refractivity contribution in [3.05, 3.63) is 0 Å². The summed E-state index contributed by atoms with van der Waals surface area (Å²) in [5.74, 6) is 0. The van der Waals surface area contributed by atoms with Crippen molar-refractivity contribution in [2.24, 2.45) is 0 Å².